The molecular formula is C21H20N2. The first-order valence-electron chi connectivity index (χ1n) is 7.72. The predicted molar refractivity (Wildman–Crippen MR) is 96.7 cm³/mol. The molecule has 2 aromatic rings. The van der Waals surface area contributed by atoms with Crippen molar-refractivity contribution in [1.82, 2.24) is 0 Å². The first-order valence-corrected chi connectivity index (χ1v) is 7.72. The lowest BCUT2D eigenvalue weighted by Crippen LogP contribution is -2.23. The lowest BCUT2D eigenvalue weighted by molar-refractivity contribution is 0.815. The highest BCUT2D eigenvalue weighted by molar-refractivity contribution is 5.66. The summed E-state index contributed by atoms with van der Waals surface area (Å²) in [6, 6.07) is 16.5. The van der Waals surface area contributed by atoms with Crippen LogP contribution in [0.3, 0.4) is 0 Å². The lowest BCUT2D eigenvalue weighted by atomic mass is 10.0. The van der Waals surface area contributed by atoms with Gasteiger partial charge < -0.3 is 10.6 Å². The van der Waals surface area contributed by atoms with Crippen LogP contribution >= 0.6 is 0 Å². The SMILES string of the molecule is C=C(N)CCC(=C)N1Cc2ccccc2C#Cc2ccccc21. The second kappa shape index (κ2) is 6.46. The van der Waals surface area contributed by atoms with Crippen LogP contribution < -0.4 is 10.6 Å². The van der Waals surface area contributed by atoms with Crippen molar-refractivity contribution in [1.29, 1.82) is 0 Å². The van der Waals surface area contributed by atoms with Gasteiger partial charge in [0, 0.05) is 29.1 Å². The molecule has 0 bridgehead atoms. The number of nitrogens with two attached hydrogens (primary N) is 1. The quantitative estimate of drug-likeness (QED) is 0.859. The predicted octanol–water partition coefficient (Wildman–Crippen LogP) is 4.17. The second-order valence-corrected chi connectivity index (χ2v) is 5.73. The minimum absolute atomic E-state index is 0.687. The van der Waals surface area contributed by atoms with Crippen LogP contribution in [0.15, 0.2) is 73.1 Å². The number of anilines is 1. The van der Waals surface area contributed by atoms with Gasteiger partial charge in [0.25, 0.3) is 0 Å². The molecule has 2 N–H and O–H groups in total. The Hall–Kier alpha value is -2.92. The summed E-state index contributed by atoms with van der Waals surface area (Å²) < 4.78 is 0. The third-order valence-corrected chi connectivity index (χ3v) is 3.99. The molecule has 114 valence electrons. The first-order chi connectivity index (χ1) is 11.1. The van der Waals surface area contributed by atoms with E-state index >= 15 is 0 Å². The number of benzene rings is 2. The van der Waals surface area contributed by atoms with E-state index in [0.717, 1.165) is 41.9 Å². The van der Waals surface area contributed by atoms with Crippen LogP contribution in [0.25, 0.3) is 0 Å². The molecule has 1 heterocycles. The molecule has 0 saturated heterocycles. The van der Waals surface area contributed by atoms with Crippen LogP contribution in [0.4, 0.5) is 5.69 Å². The molecule has 0 amide bonds. The van der Waals surface area contributed by atoms with Crippen molar-refractivity contribution >= 4 is 5.69 Å². The summed E-state index contributed by atoms with van der Waals surface area (Å²) in [7, 11) is 0. The van der Waals surface area contributed by atoms with Gasteiger partial charge in [-0.3, -0.25) is 0 Å². The molecule has 0 radical (unpaired) electrons. The standard InChI is InChI=1S/C21H20N2/c1-16(22)11-12-17(2)23-15-20-9-4-3-7-18(20)13-14-19-8-5-6-10-21(19)23/h3-10H,1-2,11-12,15,22H2. The Morgan fingerprint density at radius 2 is 1.61 bits per heavy atom. The summed E-state index contributed by atoms with van der Waals surface area (Å²) in [5, 5.41) is 0. The summed E-state index contributed by atoms with van der Waals surface area (Å²) in [5.41, 5.74) is 11.8. The molecule has 23 heavy (non-hydrogen) atoms. The van der Waals surface area contributed by atoms with E-state index in [1.54, 1.807) is 0 Å². The zero-order chi connectivity index (χ0) is 16.2. The molecule has 2 aromatic carbocycles. The third kappa shape index (κ3) is 3.30. The molecule has 0 fully saturated rings. The molecule has 0 saturated carbocycles. The van der Waals surface area contributed by atoms with Crippen LogP contribution in [0.1, 0.15) is 29.5 Å². The summed E-state index contributed by atoms with van der Waals surface area (Å²) in [5.74, 6) is 6.59. The second-order valence-electron chi connectivity index (χ2n) is 5.73. The van der Waals surface area contributed by atoms with E-state index in [1.165, 1.54) is 5.56 Å². The summed E-state index contributed by atoms with van der Waals surface area (Å²) in [6.45, 7) is 8.82. The zero-order valence-corrected chi connectivity index (χ0v) is 13.2. The van der Waals surface area contributed by atoms with E-state index in [-0.39, 0.29) is 0 Å². The Balaban J connectivity index is 2.04. The number of allylic oxidation sites excluding steroid dienone is 2. The van der Waals surface area contributed by atoms with Gasteiger partial charge in [-0.2, -0.15) is 0 Å². The van der Waals surface area contributed by atoms with Crippen LogP contribution in [-0.4, -0.2) is 0 Å². The number of rotatable bonds is 4. The normalized spacial score (nSPS) is 12.1. The fourth-order valence-corrected chi connectivity index (χ4v) is 2.71. The van der Waals surface area contributed by atoms with Crippen LogP contribution in [-0.2, 0) is 6.54 Å². The first kappa shape index (κ1) is 15.0. The maximum absolute atomic E-state index is 5.72. The van der Waals surface area contributed by atoms with E-state index in [9.17, 15) is 0 Å². The van der Waals surface area contributed by atoms with E-state index in [0.29, 0.717) is 5.70 Å². The average molecular weight is 300 g/mol. The smallest absolute Gasteiger partial charge is 0.0570 e. The molecule has 0 atom stereocenters. The molecule has 0 unspecified atom stereocenters. The highest BCUT2D eigenvalue weighted by Gasteiger charge is 2.17. The number of hydrogen-bond donors (Lipinski definition) is 1. The van der Waals surface area contributed by atoms with Gasteiger partial charge >= 0.3 is 0 Å². The highest BCUT2D eigenvalue weighted by atomic mass is 15.1. The van der Waals surface area contributed by atoms with Crippen molar-refractivity contribution in [3.8, 4) is 11.8 Å². The Labute approximate surface area is 137 Å². The molecule has 1 aliphatic heterocycles. The van der Waals surface area contributed by atoms with Crippen LogP contribution in [0.5, 0.6) is 0 Å². The number of hydrogen-bond acceptors (Lipinski definition) is 2. The lowest BCUT2D eigenvalue weighted by Gasteiger charge is -2.29. The maximum Gasteiger partial charge on any atom is 0.0570 e. The largest absolute Gasteiger partial charge is 0.403 e. The van der Waals surface area contributed by atoms with Crippen molar-refractivity contribution in [2.45, 2.75) is 19.4 Å². The van der Waals surface area contributed by atoms with Gasteiger partial charge in [0.1, 0.15) is 0 Å². The molecule has 0 spiro atoms. The molecular weight excluding hydrogens is 280 g/mol. The number of fused-ring (bicyclic) bond motifs is 2. The van der Waals surface area contributed by atoms with Crippen LogP contribution in [0, 0.1) is 11.8 Å². The monoisotopic (exact) mass is 300 g/mol. The molecule has 2 heteroatoms. The van der Waals surface area contributed by atoms with Crippen molar-refractivity contribution in [3.63, 3.8) is 0 Å². The molecule has 3 rings (SSSR count). The molecule has 0 aromatic heterocycles. The van der Waals surface area contributed by atoms with Gasteiger partial charge in [-0.15, -0.1) is 0 Å². The van der Waals surface area contributed by atoms with E-state index in [4.69, 9.17) is 5.73 Å². The summed E-state index contributed by atoms with van der Waals surface area (Å²) >= 11 is 0. The average Bonchev–Trinajstić information content (AvgIpc) is 2.55. The van der Waals surface area contributed by atoms with Gasteiger partial charge in [-0.05, 0) is 36.6 Å². The van der Waals surface area contributed by atoms with Gasteiger partial charge in [0.15, 0.2) is 0 Å². The maximum atomic E-state index is 5.72. The minimum atomic E-state index is 0.687. The van der Waals surface area contributed by atoms with Gasteiger partial charge in [-0.25, -0.2) is 0 Å². The summed E-state index contributed by atoms with van der Waals surface area (Å²) in [6.07, 6.45) is 1.53. The Bertz CT molecular complexity index is 821. The topological polar surface area (TPSA) is 29.3 Å². The minimum Gasteiger partial charge on any atom is -0.403 e. The third-order valence-electron chi connectivity index (χ3n) is 3.99. The van der Waals surface area contributed by atoms with Crippen molar-refractivity contribution in [2.75, 3.05) is 4.90 Å². The summed E-state index contributed by atoms with van der Waals surface area (Å²) in [4.78, 5) is 2.24. The Kier molecular flexibility index (Phi) is 4.21. The molecule has 1 aliphatic rings. The molecule has 0 aliphatic carbocycles. The number of nitrogens with zero attached hydrogens (tertiary/aromatic N) is 1. The van der Waals surface area contributed by atoms with Gasteiger partial charge in [0.05, 0.1) is 5.69 Å². The van der Waals surface area contributed by atoms with Crippen molar-refractivity contribution < 1.29 is 0 Å². The fourth-order valence-electron chi connectivity index (χ4n) is 2.71. The Morgan fingerprint density at radius 1 is 0.957 bits per heavy atom. The fraction of sp³-hybridized carbons (Fsp3) is 0.143. The van der Waals surface area contributed by atoms with Crippen LogP contribution in [0.2, 0.25) is 0 Å². The zero-order valence-electron chi connectivity index (χ0n) is 13.2. The van der Waals surface area contributed by atoms with E-state index in [2.05, 4.69) is 60.2 Å². The van der Waals surface area contributed by atoms with Crippen molar-refractivity contribution in [3.05, 3.63) is 89.8 Å². The molecule has 2 nitrogen and oxygen atoms in total. The highest BCUT2D eigenvalue weighted by Crippen LogP contribution is 2.29. The van der Waals surface area contributed by atoms with E-state index < -0.39 is 0 Å². The van der Waals surface area contributed by atoms with E-state index in [1.807, 2.05) is 18.2 Å². The van der Waals surface area contributed by atoms with Gasteiger partial charge in [0.2, 0.25) is 0 Å². The van der Waals surface area contributed by atoms with Crippen molar-refractivity contribution in [2.24, 2.45) is 5.73 Å². The Morgan fingerprint density at radius 3 is 2.39 bits per heavy atom. The number of para-hydroxylation sites is 1. The van der Waals surface area contributed by atoms with Gasteiger partial charge in [-0.1, -0.05) is 55.3 Å².